The number of esters is 1. The van der Waals surface area contributed by atoms with Crippen LogP contribution in [0.2, 0.25) is 0 Å². The predicted molar refractivity (Wildman–Crippen MR) is 97.3 cm³/mol. The van der Waals surface area contributed by atoms with Gasteiger partial charge in [0.15, 0.2) is 0 Å². The van der Waals surface area contributed by atoms with E-state index in [2.05, 4.69) is 4.74 Å². The summed E-state index contributed by atoms with van der Waals surface area (Å²) in [5.41, 5.74) is 0. The molecule has 0 bridgehead atoms. The molecule has 2 saturated carbocycles. The molecule has 2 aliphatic carbocycles. The van der Waals surface area contributed by atoms with Crippen LogP contribution in [0.1, 0.15) is 77.0 Å². The van der Waals surface area contributed by atoms with Gasteiger partial charge in [0.25, 0.3) is 0 Å². The summed E-state index contributed by atoms with van der Waals surface area (Å²) in [6.07, 6.45) is 5.85. The molecule has 0 aliphatic heterocycles. The molecule has 29 heavy (non-hydrogen) atoms. The Labute approximate surface area is 168 Å². The number of hydrogen-bond acceptors (Lipinski definition) is 2. The second kappa shape index (κ2) is 10.9. The molecule has 170 valence electrons. The first-order valence-corrected chi connectivity index (χ1v) is 10.8. The van der Waals surface area contributed by atoms with Gasteiger partial charge in [0.2, 0.25) is 0 Å². The molecule has 0 aromatic carbocycles. The highest BCUT2D eigenvalue weighted by molar-refractivity contribution is 5.78. The van der Waals surface area contributed by atoms with Gasteiger partial charge in [-0.3, -0.25) is 4.39 Å². The molecule has 2 aliphatic rings. The Bertz CT molecular complexity index is 492. The summed E-state index contributed by atoms with van der Waals surface area (Å²) < 4.78 is 78.5. The number of hydrogen-bond donors (Lipinski definition) is 0. The maximum Gasteiger partial charge on any atom is 0.465 e. The Morgan fingerprint density at radius 1 is 0.759 bits per heavy atom. The quantitative estimate of drug-likeness (QED) is 0.227. The maximum atomic E-state index is 12.8. The Morgan fingerprint density at radius 3 is 1.69 bits per heavy atom. The number of halogens is 6. The Morgan fingerprint density at radius 2 is 1.24 bits per heavy atom. The zero-order valence-corrected chi connectivity index (χ0v) is 16.8. The number of unbranched alkanes of at least 4 members (excludes halogenated alkanes) is 1. The Kier molecular flexibility index (Phi) is 9.14. The predicted octanol–water partition coefficient (Wildman–Crippen LogP) is 6.87. The van der Waals surface area contributed by atoms with E-state index >= 15 is 0 Å². The first-order valence-electron chi connectivity index (χ1n) is 10.8. The Hall–Kier alpha value is -0.950. The van der Waals surface area contributed by atoms with E-state index in [1.165, 1.54) is 25.7 Å². The van der Waals surface area contributed by atoms with E-state index in [1.54, 1.807) is 0 Å². The monoisotopic (exact) mass is 430 g/mol. The molecule has 0 aromatic heterocycles. The van der Waals surface area contributed by atoms with Crippen molar-refractivity contribution in [1.29, 1.82) is 0 Å². The topological polar surface area (TPSA) is 26.3 Å². The van der Waals surface area contributed by atoms with E-state index in [0.717, 1.165) is 44.4 Å². The van der Waals surface area contributed by atoms with Gasteiger partial charge < -0.3 is 4.74 Å². The van der Waals surface area contributed by atoms with Crippen molar-refractivity contribution < 1.29 is 35.9 Å². The molecule has 0 aromatic rings. The van der Waals surface area contributed by atoms with E-state index in [0.29, 0.717) is 24.7 Å². The fourth-order valence-electron chi connectivity index (χ4n) is 4.95. The number of rotatable bonds is 9. The van der Waals surface area contributed by atoms with Crippen molar-refractivity contribution in [2.24, 2.45) is 23.7 Å². The lowest BCUT2D eigenvalue weighted by molar-refractivity contribution is -0.280. The van der Waals surface area contributed by atoms with Gasteiger partial charge in [-0.05, 0) is 62.2 Å². The zero-order valence-electron chi connectivity index (χ0n) is 16.8. The minimum Gasteiger partial charge on any atom is -0.461 e. The van der Waals surface area contributed by atoms with Crippen molar-refractivity contribution in [2.75, 3.05) is 13.3 Å². The van der Waals surface area contributed by atoms with E-state index in [4.69, 9.17) is 0 Å². The van der Waals surface area contributed by atoms with Gasteiger partial charge in [-0.15, -0.1) is 0 Å². The lowest BCUT2D eigenvalue weighted by atomic mass is 9.68. The van der Waals surface area contributed by atoms with E-state index in [-0.39, 0.29) is 12.6 Å². The summed E-state index contributed by atoms with van der Waals surface area (Å²) in [7, 11) is 0. The first-order chi connectivity index (χ1) is 13.6. The summed E-state index contributed by atoms with van der Waals surface area (Å²) in [4.78, 5) is 11.0. The second-order valence-electron chi connectivity index (χ2n) is 8.74. The first kappa shape index (κ1) is 24.3. The van der Waals surface area contributed by atoms with Crippen molar-refractivity contribution in [3.8, 4) is 0 Å². The van der Waals surface area contributed by atoms with Crippen LogP contribution in [0.5, 0.6) is 0 Å². The SMILES string of the molecule is O=C(OCCC1CCC(C2CCC(CCCCF)CC2)CC1)C(F)(F)C(F)(F)F. The van der Waals surface area contributed by atoms with Crippen LogP contribution in [0.15, 0.2) is 0 Å². The van der Waals surface area contributed by atoms with Crippen LogP contribution >= 0.6 is 0 Å². The van der Waals surface area contributed by atoms with Gasteiger partial charge in [0.05, 0.1) is 13.3 Å². The molecule has 2 rings (SSSR count). The molecule has 0 unspecified atom stereocenters. The average Bonchev–Trinajstić information content (AvgIpc) is 2.68. The molecule has 0 atom stereocenters. The van der Waals surface area contributed by atoms with E-state index in [1.807, 2.05) is 0 Å². The number of alkyl halides is 6. The van der Waals surface area contributed by atoms with Gasteiger partial charge in [-0.1, -0.05) is 38.5 Å². The molecular weight excluding hydrogens is 398 g/mol. The van der Waals surface area contributed by atoms with Crippen LogP contribution in [0.4, 0.5) is 26.3 Å². The fraction of sp³-hybridized carbons (Fsp3) is 0.952. The van der Waals surface area contributed by atoms with Crippen molar-refractivity contribution >= 4 is 5.97 Å². The summed E-state index contributed by atoms with van der Waals surface area (Å²) in [5, 5.41) is 0. The molecule has 0 radical (unpaired) electrons. The molecule has 0 amide bonds. The van der Waals surface area contributed by atoms with Crippen molar-refractivity contribution in [1.82, 2.24) is 0 Å². The highest BCUT2D eigenvalue weighted by Gasteiger charge is 2.64. The number of carbonyl (C=O) groups excluding carboxylic acids is 1. The normalized spacial score (nSPS) is 28.9. The third-order valence-corrected chi connectivity index (χ3v) is 6.82. The van der Waals surface area contributed by atoms with Gasteiger partial charge in [-0.25, -0.2) is 4.79 Å². The van der Waals surface area contributed by atoms with Crippen LogP contribution < -0.4 is 0 Å². The molecule has 0 N–H and O–H groups in total. The van der Waals surface area contributed by atoms with Crippen molar-refractivity contribution in [2.45, 2.75) is 89.1 Å². The summed E-state index contributed by atoms with van der Waals surface area (Å²) in [5.74, 6) is -5.68. The summed E-state index contributed by atoms with van der Waals surface area (Å²) in [6.45, 7) is -0.633. The molecule has 0 heterocycles. The van der Waals surface area contributed by atoms with Crippen LogP contribution in [-0.4, -0.2) is 31.3 Å². The summed E-state index contributed by atoms with van der Waals surface area (Å²) >= 11 is 0. The standard InChI is InChI=1S/C21H32F6O2/c22-13-2-1-3-15-4-8-17(9-5-15)18-10-6-16(7-11-18)12-14-29-19(28)20(23,24)21(25,26)27/h15-18H,1-14H2. The van der Waals surface area contributed by atoms with Gasteiger partial charge in [-0.2, -0.15) is 22.0 Å². The molecule has 0 spiro atoms. The van der Waals surface area contributed by atoms with Crippen LogP contribution in [0.3, 0.4) is 0 Å². The smallest absolute Gasteiger partial charge is 0.461 e. The van der Waals surface area contributed by atoms with Gasteiger partial charge in [0.1, 0.15) is 0 Å². The lowest BCUT2D eigenvalue weighted by Crippen LogP contribution is -2.45. The van der Waals surface area contributed by atoms with Crippen LogP contribution in [0.25, 0.3) is 0 Å². The Balaban J connectivity index is 1.62. The molecule has 8 heteroatoms. The number of carbonyl (C=O) groups is 1. The minimum absolute atomic E-state index is 0.204. The van der Waals surface area contributed by atoms with Crippen LogP contribution in [0, 0.1) is 23.7 Å². The maximum absolute atomic E-state index is 12.8. The largest absolute Gasteiger partial charge is 0.465 e. The highest BCUT2D eigenvalue weighted by atomic mass is 19.4. The number of ether oxygens (including phenoxy) is 1. The fourth-order valence-corrected chi connectivity index (χ4v) is 4.95. The third-order valence-electron chi connectivity index (χ3n) is 6.82. The molecule has 2 fully saturated rings. The second-order valence-corrected chi connectivity index (χ2v) is 8.74. The van der Waals surface area contributed by atoms with Crippen LogP contribution in [-0.2, 0) is 9.53 Å². The van der Waals surface area contributed by atoms with E-state index < -0.39 is 24.7 Å². The summed E-state index contributed by atoms with van der Waals surface area (Å²) in [6, 6.07) is 0. The minimum atomic E-state index is -5.92. The molecular formula is C21H32F6O2. The van der Waals surface area contributed by atoms with Crippen molar-refractivity contribution in [3.63, 3.8) is 0 Å². The zero-order chi connectivity index (χ0) is 21.5. The van der Waals surface area contributed by atoms with Gasteiger partial charge in [0, 0.05) is 0 Å². The molecule has 0 saturated heterocycles. The highest BCUT2D eigenvalue weighted by Crippen LogP contribution is 2.43. The van der Waals surface area contributed by atoms with Crippen molar-refractivity contribution in [3.05, 3.63) is 0 Å². The lowest BCUT2D eigenvalue weighted by Gasteiger charge is -2.38. The van der Waals surface area contributed by atoms with E-state index in [9.17, 15) is 31.1 Å². The third kappa shape index (κ3) is 7.06. The molecule has 2 nitrogen and oxygen atoms in total. The average molecular weight is 430 g/mol. The van der Waals surface area contributed by atoms with Gasteiger partial charge >= 0.3 is 18.1 Å².